The van der Waals surface area contributed by atoms with Crippen LogP contribution in [0.25, 0.3) is 0 Å². The summed E-state index contributed by atoms with van der Waals surface area (Å²) in [7, 11) is 1.47. The summed E-state index contributed by atoms with van der Waals surface area (Å²) in [4.78, 5) is 10.2. The molecular weight excluding hydrogens is 188 g/mol. The minimum absolute atomic E-state index is 0.0896. The molecule has 1 aromatic rings. The predicted molar refractivity (Wildman–Crippen MR) is 47.8 cm³/mol. The monoisotopic (exact) mass is 198 g/mol. The smallest absolute Gasteiger partial charge is 0.341 e. The first-order valence-corrected chi connectivity index (χ1v) is 3.85. The van der Waals surface area contributed by atoms with E-state index in [-0.39, 0.29) is 11.5 Å². The van der Waals surface area contributed by atoms with Crippen LogP contribution in [-0.2, 0) is 4.79 Å². The van der Waals surface area contributed by atoms with Crippen LogP contribution in [0.2, 0.25) is 0 Å². The van der Waals surface area contributed by atoms with E-state index in [0.29, 0.717) is 5.75 Å². The summed E-state index contributed by atoms with van der Waals surface area (Å²) < 4.78 is 9.69. The van der Waals surface area contributed by atoms with Gasteiger partial charge in [0.15, 0.2) is 18.1 Å². The lowest BCUT2D eigenvalue weighted by atomic mass is 10.3. The Morgan fingerprint density at radius 1 is 1.50 bits per heavy atom. The number of carboxylic acid groups (broad SMARTS) is 1. The van der Waals surface area contributed by atoms with Gasteiger partial charge in [-0.2, -0.15) is 0 Å². The number of hydrogen-bond donors (Lipinski definition) is 2. The summed E-state index contributed by atoms with van der Waals surface area (Å²) >= 11 is 0. The second kappa shape index (κ2) is 4.36. The molecule has 5 heteroatoms. The number of carboxylic acids is 1. The molecule has 0 aromatic heterocycles. The van der Waals surface area contributed by atoms with Gasteiger partial charge in [0.1, 0.15) is 5.75 Å². The molecule has 1 aromatic carbocycles. The Morgan fingerprint density at radius 3 is 2.79 bits per heavy atom. The minimum atomic E-state index is -1.10. The van der Waals surface area contributed by atoms with Crippen molar-refractivity contribution in [3.8, 4) is 17.2 Å². The molecule has 14 heavy (non-hydrogen) atoms. The predicted octanol–water partition coefficient (Wildman–Crippen LogP) is 0.864. The van der Waals surface area contributed by atoms with E-state index in [0.717, 1.165) is 0 Å². The van der Waals surface area contributed by atoms with Gasteiger partial charge in [0.05, 0.1) is 7.11 Å². The molecule has 2 N–H and O–H groups in total. The molecule has 0 fully saturated rings. The van der Waals surface area contributed by atoms with E-state index < -0.39 is 12.6 Å². The lowest BCUT2D eigenvalue weighted by Crippen LogP contribution is -2.09. The maximum Gasteiger partial charge on any atom is 0.341 e. The Kier molecular flexibility index (Phi) is 3.17. The molecule has 0 heterocycles. The van der Waals surface area contributed by atoms with Crippen LogP contribution >= 0.6 is 0 Å². The third kappa shape index (κ3) is 2.55. The highest BCUT2D eigenvalue weighted by atomic mass is 16.5. The molecule has 0 atom stereocenters. The van der Waals surface area contributed by atoms with Gasteiger partial charge in [0.25, 0.3) is 0 Å². The van der Waals surface area contributed by atoms with E-state index in [1.807, 2.05) is 0 Å². The van der Waals surface area contributed by atoms with E-state index in [2.05, 4.69) is 0 Å². The van der Waals surface area contributed by atoms with Crippen molar-refractivity contribution in [1.82, 2.24) is 0 Å². The van der Waals surface area contributed by atoms with Gasteiger partial charge in [-0.1, -0.05) is 0 Å². The highest BCUT2D eigenvalue weighted by Gasteiger charge is 2.06. The number of hydrogen-bond acceptors (Lipinski definition) is 4. The second-order valence-corrected chi connectivity index (χ2v) is 2.52. The first kappa shape index (κ1) is 10.2. The molecule has 0 bridgehead atoms. The largest absolute Gasteiger partial charge is 0.504 e. The molecule has 0 saturated carbocycles. The molecule has 1 rings (SSSR count). The van der Waals surface area contributed by atoms with Crippen molar-refractivity contribution in [2.75, 3.05) is 13.7 Å². The summed E-state index contributed by atoms with van der Waals surface area (Å²) in [5, 5.41) is 17.6. The Hall–Kier alpha value is -1.91. The second-order valence-electron chi connectivity index (χ2n) is 2.52. The van der Waals surface area contributed by atoms with Crippen molar-refractivity contribution in [1.29, 1.82) is 0 Å². The van der Waals surface area contributed by atoms with E-state index in [4.69, 9.17) is 14.6 Å². The molecule has 0 aliphatic rings. The molecule has 0 aliphatic heterocycles. The van der Waals surface area contributed by atoms with Crippen LogP contribution in [0.5, 0.6) is 17.2 Å². The summed E-state index contributed by atoms with van der Waals surface area (Å²) in [5.41, 5.74) is 0. The molecule has 0 saturated heterocycles. The number of phenols is 1. The zero-order chi connectivity index (χ0) is 10.6. The van der Waals surface area contributed by atoms with Crippen molar-refractivity contribution in [2.45, 2.75) is 0 Å². The quantitative estimate of drug-likeness (QED) is 0.750. The fourth-order valence-electron chi connectivity index (χ4n) is 0.877. The van der Waals surface area contributed by atoms with Crippen molar-refractivity contribution in [2.24, 2.45) is 0 Å². The number of phenolic OH excluding ortho intramolecular Hbond substituents is 1. The number of carbonyl (C=O) groups is 1. The van der Waals surface area contributed by atoms with Crippen molar-refractivity contribution in [3.05, 3.63) is 18.2 Å². The first-order valence-electron chi connectivity index (χ1n) is 3.85. The zero-order valence-corrected chi connectivity index (χ0v) is 7.56. The molecule has 0 aliphatic carbocycles. The molecule has 0 spiro atoms. The van der Waals surface area contributed by atoms with Gasteiger partial charge in [-0.15, -0.1) is 0 Å². The maximum atomic E-state index is 10.2. The van der Waals surface area contributed by atoms with E-state index in [1.54, 1.807) is 6.07 Å². The highest BCUT2D eigenvalue weighted by Crippen LogP contribution is 2.29. The van der Waals surface area contributed by atoms with E-state index in [1.165, 1.54) is 19.2 Å². The minimum Gasteiger partial charge on any atom is -0.504 e. The van der Waals surface area contributed by atoms with Gasteiger partial charge in [-0.05, 0) is 12.1 Å². The van der Waals surface area contributed by atoms with Crippen LogP contribution in [0.15, 0.2) is 18.2 Å². The topological polar surface area (TPSA) is 76.0 Å². The molecule has 0 radical (unpaired) electrons. The SMILES string of the molecule is COc1ccc(O)c(OCC(=O)O)c1. The number of ether oxygens (including phenoxy) is 2. The molecule has 5 nitrogen and oxygen atoms in total. The van der Waals surface area contributed by atoms with Gasteiger partial charge in [-0.3, -0.25) is 0 Å². The first-order chi connectivity index (χ1) is 6.63. The number of aliphatic carboxylic acids is 1. The summed E-state index contributed by atoms with van der Waals surface area (Å²) in [5.74, 6) is -0.644. The summed E-state index contributed by atoms with van der Waals surface area (Å²) in [6.07, 6.45) is 0. The zero-order valence-electron chi connectivity index (χ0n) is 7.56. The van der Waals surface area contributed by atoms with Crippen molar-refractivity contribution >= 4 is 5.97 Å². The number of aromatic hydroxyl groups is 1. The Labute approximate surface area is 80.5 Å². The maximum absolute atomic E-state index is 10.2. The Morgan fingerprint density at radius 2 is 2.21 bits per heavy atom. The average molecular weight is 198 g/mol. The summed E-state index contributed by atoms with van der Waals surface area (Å²) in [6.45, 7) is -0.499. The van der Waals surface area contributed by atoms with Crippen LogP contribution in [0.3, 0.4) is 0 Å². The summed E-state index contributed by atoms with van der Waals surface area (Å²) in [6, 6.07) is 4.33. The molecule has 0 unspecified atom stereocenters. The molecule has 76 valence electrons. The Bertz CT molecular complexity index is 334. The highest BCUT2D eigenvalue weighted by molar-refractivity contribution is 5.68. The molecular formula is C9H10O5. The van der Waals surface area contributed by atoms with Crippen molar-refractivity contribution in [3.63, 3.8) is 0 Å². The van der Waals surface area contributed by atoms with Gasteiger partial charge in [0.2, 0.25) is 0 Å². The van der Waals surface area contributed by atoms with Gasteiger partial charge < -0.3 is 19.7 Å². The third-order valence-corrected chi connectivity index (χ3v) is 1.52. The normalized spacial score (nSPS) is 9.50. The number of rotatable bonds is 4. The van der Waals surface area contributed by atoms with E-state index >= 15 is 0 Å². The van der Waals surface area contributed by atoms with Gasteiger partial charge in [0, 0.05) is 6.07 Å². The van der Waals surface area contributed by atoms with Gasteiger partial charge in [-0.25, -0.2) is 4.79 Å². The van der Waals surface area contributed by atoms with Crippen LogP contribution in [-0.4, -0.2) is 29.9 Å². The van der Waals surface area contributed by atoms with Gasteiger partial charge >= 0.3 is 5.97 Å². The molecule has 0 amide bonds. The van der Waals surface area contributed by atoms with Crippen molar-refractivity contribution < 1.29 is 24.5 Å². The van der Waals surface area contributed by atoms with Crippen LogP contribution in [0.4, 0.5) is 0 Å². The fourth-order valence-corrected chi connectivity index (χ4v) is 0.877. The fraction of sp³-hybridized carbons (Fsp3) is 0.222. The van der Waals surface area contributed by atoms with Crippen LogP contribution in [0, 0.1) is 0 Å². The third-order valence-electron chi connectivity index (χ3n) is 1.52. The number of benzene rings is 1. The lowest BCUT2D eigenvalue weighted by molar-refractivity contribution is -0.139. The Balaban J connectivity index is 2.78. The lowest BCUT2D eigenvalue weighted by Gasteiger charge is -2.07. The van der Waals surface area contributed by atoms with Crippen LogP contribution < -0.4 is 9.47 Å². The van der Waals surface area contributed by atoms with Crippen LogP contribution in [0.1, 0.15) is 0 Å². The number of methoxy groups -OCH3 is 1. The van der Waals surface area contributed by atoms with E-state index in [9.17, 15) is 9.90 Å². The standard InChI is InChI=1S/C9H10O5/c1-13-6-2-3-7(10)8(4-6)14-5-9(11)12/h2-4,10H,5H2,1H3,(H,11,12). The average Bonchev–Trinajstić information content (AvgIpc) is 2.16.